The summed E-state index contributed by atoms with van der Waals surface area (Å²) in [5.74, 6) is 0.699. The van der Waals surface area contributed by atoms with Gasteiger partial charge in [-0.05, 0) is 33.7 Å². The van der Waals surface area contributed by atoms with Gasteiger partial charge in [-0.3, -0.25) is 0 Å². The van der Waals surface area contributed by atoms with Crippen LogP contribution in [0.3, 0.4) is 0 Å². The molecule has 1 fully saturated rings. The van der Waals surface area contributed by atoms with Crippen LogP contribution in [-0.4, -0.2) is 69.8 Å². The van der Waals surface area contributed by atoms with Gasteiger partial charge in [-0.15, -0.1) is 0 Å². The fraction of sp³-hybridized carbons (Fsp3) is 0.765. The number of imidazole rings is 1. The number of hydrogen-bond acceptors (Lipinski definition) is 4. The Morgan fingerprint density at radius 2 is 2.29 bits per heavy atom. The third-order valence-corrected chi connectivity index (χ3v) is 4.94. The molecule has 0 aliphatic carbocycles. The number of carbonyl (C=O) groups excluding carboxylic acids is 1. The Balaban J connectivity index is 1.84. The first-order valence-electron chi connectivity index (χ1n) is 8.78. The Morgan fingerprint density at radius 1 is 1.54 bits per heavy atom. The second-order valence-electron chi connectivity index (χ2n) is 7.00. The standard InChI is InChI=1S/C17H31N5O2/c1-13(2)20(3)10-8-19-17(24)22-9-5-6-14(12-22)15(23)16-18-7-11-21(16)4/h7,11,13-15,23H,5-6,8-10,12H2,1-4H3,(H,19,24). The van der Waals surface area contributed by atoms with Crippen molar-refractivity contribution in [2.24, 2.45) is 13.0 Å². The Kier molecular flexibility index (Phi) is 6.62. The van der Waals surface area contributed by atoms with Crippen molar-refractivity contribution in [2.45, 2.75) is 38.8 Å². The van der Waals surface area contributed by atoms with Gasteiger partial charge < -0.3 is 24.8 Å². The molecule has 1 aliphatic heterocycles. The summed E-state index contributed by atoms with van der Waals surface area (Å²) >= 11 is 0. The minimum absolute atomic E-state index is 0.0314. The number of carbonyl (C=O) groups is 1. The zero-order chi connectivity index (χ0) is 17.7. The molecule has 2 heterocycles. The number of amides is 2. The van der Waals surface area contributed by atoms with Crippen LogP contribution in [-0.2, 0) is 7.05 Å². The van der Waals surface area contributed by atoms with Crippen molar-refractivity contribution in [3.8, 4) is 0 Å². The van der Waals surface area contributed by atoms with Crippen LogP contribution in [0.4, 0.5) is 4.79 Å². The van der Waals surface area contributed by atoms with E-state index in [1.807, 2.05) is 22.7 Å². The van der Waals surface area contributed by atoms with Gasteiger partial charge in [0, 0.05) is 57.6 Å². The zero-order valence-electron chi connectivity index (χ0n) is 15.3. The van der Waals surface area contributed by atoms with Crippen molar-refractivity contribution in [1.82, 2.24) is 24.7 Å². The Hall–Kier alpha value is -1.60. The van der Waals surface area contributed by atoms with Gasteiger partial charge in [0.2, 0.25) is 0 Å². The number of rotatable bonds is 6. The van der Waals surface area contributed by atoms with Gasteiger partial charge in [-0.1, -0.05) is 0 Å². The number of aryl methyl sites for hydroxylation is 1. The molecule has 7 heteroatoms. The SMILES string of the molecule is CC(C)N(C)CCNC(=O)N1CCCC(C(O)c2nccn2C)C1. The Bertz CT molecular complexity index is 531. The summed E-state index contributed by atoms with van der Waals surface area (Å²) in [6.07, 6.45) is 4.71. The molecule has 2 unspecified atom stereocenters. The predicted octanol–water partition coefficient (Wildman–Crippen LogP) is 1.22. The second kappa shape index (κ2) is 8.48. The van der Waals surface area contributed by atoms with E-state index in [0.717, 1.165) is 25.9 Å². The van der Waals surface area contributed by atoms with Gasteiger partial charge in [-0.25, -0.2) is 9.78 Å². The van der Waals surface area contributed by atoms with Crippen molar-refractivity contribution in [3.05, 3.63) is 18.2 Å². The van der Waals surface area contributed by atoms with E-state index >= 15 is 0 Å². The van der Waals surface area contributed by atoms with E-state index in [1.54, 1.807) is 6.20 Å². The lowest BCUT2D eigenvalue weighted by molar-refractivity contribution is 0.0531. The van der Waals surface area contributed by atoms with Crippen LogP contribution in [0.2, 0.25) is 0 Å². The number of nitrogens with one attached hydrogen (secondary N) is 1. The highest BCUT2D eigenvalue weighted by molar-refractivity contribution is 5.74. The van der Waals surface area contributed by atoms with Gasteiger partial charge in [0.05, 0.1) is 0 Å². The molecule has 2 amide bonds. The highest BCUT2D eigenvalue weighted by Crippen LogP contribution is 2.28. The maximum absolute atomic E-state index is 12.4. The lowest BCUT2D eigenvalue weighted by Gasteiger charge is -2.35. The third-order valence-electron chi connectivity index (χ3n) is 4.94. The topological polar surface area (TPSA) is 73.6 Å². The number of urea groups is 1. The molecule has 1 saturated heterocycles. The van der Waals surface area contributed by atoms with Gasteiger partial charge in [0.25, 0.3) is 0 Å². The summed E-state index contributed by atoms with van der Waals surface area (Å²) in [4.78, 5) is 20.6. The van der Waals surface area contributed by atoms with Crippen LogP contribution in [0.5, 0.6) is 0 Å². The van der Waals surface area contributed by atoms with Crippen molar-refractivity contribution >= 4 is 6.03 Å². The van der Waals surface area contributed by atoms with E-state index in [4.69, 9.17) is 0 Å². The van der Waals surface area contributed by atoms with Crippen molar-refractivity contribution < 1.29 is 9.90 Å². The number of aliphatic hydroxyl groups is 1. The minimum Gasteiger partial charge on any atom is -0.385 e. The summed E-state index contributed by atoms with van der Waals surface area (Å²) in [7, 11) is 3.93. The molecule has 1 aliphatic rings. The summed E-state index contributed by atoms with van der Waals surface area (Å²) in [6, 6.07) is 0.429. The van der Waals surface area contributed by atoms with E-state index in [9.17, 15) is 9.90 Å². The van der Waals surface area contributed by atoms with Crippen LogP contribution >= 0.6 is 0 Å². The van der Waals surface area contributed by atoms with Crippen LogP contribution in [0.1, 0.15) is 38.6 Å². The number of nitrogens with zero attached hydrogens (tertiary/aromatic N) is 4. The number of likely N-dealkylation sites (tertiary alicyclic amines) is 1. The highest BCUT2D eigenvalue weighted by atomic mass is 16.3. The number of hydrogen-bond donors (Lipinski definition) is 2. The van der Waals surface area contributed by atoms with Crippen molar-refractivity contribution in [3.63, 3.8) is 0 Å². The fourth-order valence-corrected chi connectivity index (χ4v) is 3.03. The minimum atomic E-state index is -0.632. The number of aromatic nitrogens is 2. The monoisotopic (exact) mass is 337 g/mol. The van der Waals surface area contributed by atoms with E-state index in [-0.39, 0.29) is 11.9 Å². The molecule has 0 aromatic carbocycles. The van der Waals surface area contributed by atoms with Crippen LogP contribution in [0.25, 0.3) is 0 Å². The molecule has 0 saturated carbocycles. The fourth-order valence-electron chi connectivity index (χ4n) is 3.03. The molecular weight excluding hydrogens is 306 g/mol. The molecule has 1 aromatic rings. The molecule has 2 N–H and O–H groups in total. The average Bonchev–Trinajstić information content (AvgIpc) is 3.00. The van der Waals surface area contributed by atoms with Crippen LogP contribution < -0.4 is 5.32 Å². The Labute approximate surface area is 144 Å². The van der Waals surface area contributed by atoms with E-state index < -0.39 is 6.10 Å². The summed E-state index contributed by atoms with van der Waals surface area (Å²) in [5, 5.41) is 13.6. The van der Waals surface area contributed by atoms with Crippen LogP contribution in [0, 0.1) is 5.92 Å². The van der Waals surface area contributed by atoms with Gasteiger partial charge in [0.15, 0.2) is 0 Å². The summed E-state index contributed by atoms with van der Waals surface area (Å²) in [5.41, 5.74) is 0. The van der Waals surface area contributed by atoms with Crippen molar-refractivity contribution in [2.75, 3.05) is 33.2 Å². The highest BCUT2D eigenvalue weighted by Gasteiger charge is 2.31. The molecule has 1 aromatic heterocycles. The van der Waals surface area contributed by atoms with Gasteiger partial charge in [0.1, 0.15) is 11.9 Å². The van der Waals surface area contributed by atoms with E-state index in [1.165, 1.54) is 0 Å². The Morgan fingerprint density at radius 3 is 2.92 bits per heavy atom. The molecule has 24 heavy (non-hydrogen) atoms. The van der Waals surface area contributed by atoms with Crippen molar-refractivity contribution in [1.29, 1.82) is 0 Å². The first kappa shape index (κ1) is 18.7. The maximum Gasteiger partial charge on any atom is 0.317 e. The number of likely N-dealkylation sites (N-methyl/N-ethyl adjacent to an activating group) is 1. The second-order valence-corrected chi connectivity index (χ2v) is 7.00. The number of aliphatic hydroxyl groups excluding tert-OH is 1. The molecule has 2 atom stereocenters. The molecule has 0 radical (unpaired) electrons. The number of piperidine rings is 1. The summed E-state index contributed by atoms with van der Waals surface area (Å²) < 4.78 is 1.84. The van der Waals surface area contributed by atoms with Crippen LogP contribution in [0.15, 0.2) is 12.4 Å². The first-order chi connectivity index (χ1) is 11.4. The van der Waals surface area contributed by atoms with Gasteiger partial charge >= 0.3 is 6.03 Å². The molecular formula is C17H31N5O2. The normalized spacial score (nSPS) is 19.8. The van der Waals surface area contributed by atoms with E-state index in [0.29, 0.717) is 25.0 Å². The smallest absolute Gasteiger partial charge is 0.317 e. The summed E-state index contributed by atoms with van der Waals surface area (Å²) in [6.45, 7) is 7.05. The molecule has 7 nitrogen and oxygen atoms in total. The molecule has 136 valence electrons. The third kappa shape index (κ3) is 4.70. The molecule has 0 bridgehead atoms. The van der Waals surface area contributed by atoms with Gasteiger partial charge in [-0.2, -0.15) is 0 Å². The predicted molar refractivity (Wildman–Crippen MR) is 93.6 cm³/mol. The quantitative estimate of drug-likeness (QED) is 0.818. The molecule has 0 spiro atoms. The lowest BCUT2D eigenvalue weighted by Crippen LogP contribution is -2.48. The maximum atomic E-state index is 12.4. The van der Waals surface area contributed by atoms with E-state index in [2.05, 4.69) is 36.1 Å². The lowest BCUT2D eigenvalue weighted by atomic mass is 9.92. The average molecular weight is 337 g/mol. The molecule has 2 rings (SSSR count). The zero-order valence-corrected chi connectivity index (χ0v) is 15.3. The largest absolute Gasteiger partial charge is 0.385 e. The first-order valence-corrected chi connectivity index (χ1v) is 8.78.